The Kier molecular flexibility index (Phi) is 3.97. The van der Waals surface area contributed by atoms with Gasteiger partial charge in [-0.15, -0.1) is 0 Å². The molecule has 1 aromatic carbocycles. The second-order valence-electron chi connectivity index (χ2n) is 5.28. The number of hydrogen-bond donors (Lipinski definition) is 1. The van der Waals surface area contributed by atoms with Crippen LogP contribution in [0.3, 0.4) is 0 Å². The van der Waals surface area contributed by atoms with E-state index in [0.29, 0.717) is 17.8 Å². The van der Waals surface area contributed by atoms with Gasteiger partial charge in [0.2, 0.25) is 5.88 Å². The number of hydrogen-bond acceptors (Lipinski definition) is 3. The van der Waals surface area contributed by atoms with Crippen molar-refractivity contribution in [3.63, 3.8) is 0 Å². The van der Waals surface area contributed by atoms with Crippen LogP contribution in [0.1, 0.15) is 23.5 Å². The lowest BCUT2D eigenvalue weighted by Gasteiger charge is -2.20. The van der Waals surface area contributed by atoms with Gasteiger partial charge in [0.1, 0.15) is 0 Å². The number of pyridine rings is 1. The summed E-state index contributed by atoms with van der Waals surface area (Å²) in [6.07, 6.45) is 4.19. The van der Waals surface area contributed by atoms with Crippen LogP contribution in [0.15, 0.2) is 48.7 Å². The molecule has 3 nitrogen and oxygen atoms in total. The van der Waals surface area contributed by atoms with Gasteiger partial charge >= 0.3 is 0 Å². The molecule has 0 saturated carbocycles. The van der Waals surface area contributed by atoms with Crippen molar-refractivity contribution in [2.75, 3.05) is 13.7 Å². The topological polar surface area (TPSA) is 34.1 Å². The van der Waals surface area contributed by atoms with Gasteiger partial charge in [0.15, 0.2) is 0 Å². The van der Waals surface area contributed by atoms with Crippen LogP contribution in [0.5, 0.6) is 5.88 Å². The molecular weight excluding hydrogens is 248 g/mol. The minimum atomic E-state index is 0.493. The van der Waals surface area contributed by atoms with Gasteiger partial charge in [-0.1, -0.05) is 36.4 Å². The van der Waals surface area contributed by atoms with E-state index in [1.165, 1.54) is 17.5 Å². The first-order chi connectivity index (χ1) is 9.86. The molecule has 0 spiro atoms. The van der Waals surface area contributed by atoms with E-state index < -0.39 is 0 Å². The molecule has 2 atom stereocenters. The average Bonchev–Trinajstić information content (AvgIpc) is 2.96. The van der Waals surface area contributed by atoms with Gasteiger partial charge in [-0.25, -0.2) is 4.98 Å². The van der Waals surface area contributed by atoms with E-state index in [2.05, 4.69) is 46.7 Å². The zero-order valence-electron chi connectivity index (χ0n) is 11.8. The minimum absolute atomic E-state index is 0.493. The molecule has 0 bridgehead atoms. The Morgan fingerprint density at radius 2 is 2.05 bits per heavy atom. The molecule has 1 aliphatic heterocycles. The molecule has 1 fully saturated rings. The zero-order chi connectivity index (χ0) is 13.8. The third-order valence-corrected chi connectivity index (χ3v) is 4.04. The van der Waals surface area contributed by atoms with Crippen molar-refractivity contribution in [3.05, 3.63) is 59.8 Å². The Bertz CT molecular complexity index is 539. The van der Waals surface area contributed by atoms with Crippen LogP contribution < -0.4 is 10.1 Å². The minimum Gasteiger partial charge on any atom is -0.481 e. The maximum atomic E-state index is 5.13. The van der Waals surface area contributed by atoms with Crippen molar-refractivity contribution in [2.45, 2.75) is 24.8 Å². The van der Waals surface area contributed by atoms with Gasteiger partial charge in [0.05, 0.1) is 7.11 Å². The summed E-state index contributed by atoms with van der Waals surface area (Å²) >= 11 is 0. The van der Waals surface area contributed by atoms with Gasteiger partial charge in [0, 0.05) is 24.2 Å². The summed E-state index contributed by atoms with van der Waals surface area (Å²) < 4.78 is 5.13. The van der Waals surface area contributed by atoms with Gasteiger partial charge in [-0.2, -0.15) is 0 Å². The fraction of sp³-hybridized carbons (Fsp3) is 0.353. The molecule has 20 heavy (non-hydrogen) atoms. The molecule has 2 unspecified atom stereocenters. The van der Waals surface area contributed by atoms with E-state index in [4.69, 9.17) is 4.74 Å². The first kappa shape index (κ1) is 13.1. The Hall–Kier alpha value is -1.87. The highest BCUT2D eigenvalue weighted by Gasteiger charge is 2.28. The number of nitrogens with one attached hydrogen (secondary N) is 1. The lowest BCUT2D eigenvalue weighted by atomic mass is 9.89. The zero-order valence-corrected chi connectivity index (χ0v) is 11.8. The summed E-state index contributed by atoms with van der Waals surface area (Å²) in [6.45, 7) is 1.08. The molecule has 0 radical (unpaired) electrons. The Labute approximate surface area is 120 Å². The lowest BCUT2D eigenvalue weighted by molar-refractivity contribution is 0.397. The number of aromatic nitrogens is 1. The van der Waals surface area contributed by atoms with Crippen LogP contribution >= 0.6 is 0 Å². The maximum Gasteiger partial charge on any atom is 0.212 e. The van der Waals surface area contributed by atoms with E-state index in [-0.39, 0.29) is 0 Å². The second kappa shape index (κ2) is 6.06. The summed E-state index contributed by atoms with van der Waals surface area (Å²) in [7, 11) is 1.65. The summed E-state index contributed by atoms with van der Waals surface area (Å²) in [5.41, 5.74) is 2.69. The lowest BCUT2D eigenvalue weighted by Crippen LogP contribution is -2.28. The molecule has 3 heteroatoms. The molecule has 0 aliphatic carbocycles. The molecule has 1 N–H and O–H groups in total. The maximum absolute atomic E-state index is 5.13. The van der Waals surface area contributed by atoms with E-state index in [1.807, 2.05) is 12.3 Å². The number of benzene rings is 1. The van der Waals surface area contributed by atoms with Crippen LogP contribution in [0.2, 0.25) is 0 Å². The van der Waals surface area contributed by atoms with Crippen LogP contribution in [0.4, 0.5) is 0 Å². The van der Waals surface area contributed by atoms with Crippen molar-refractivity contribution in [2.24, 2.45) is 0 Å². The smallest absolute Gasteiger partial charge is 0.212 e. The third kappa shape index (κ3) is 2.83. The van der Waals surface area contributed by atoms with E-state index in [9.17, 15) is 0 Å². The molecule has 3 rings (SSSR count). The molecule has 1 aromatic heterocycles. The number of rotatable bonds is 4. The van der Waals surface area contributed by atoms with Crippen molar-refractivity contribution in [1.29, 1.82) is 0 Å². The summed E-state index contributed by atoms with van der Waals surface area (Å²) in [4.78, 5) is 4.33. The summed E-state index contributed by atoms with van der Waals surface area (Å²) in [5, 5.41) is 3.62. The predicted molar refractivity (Wildman–Crippen MR) is 80.1 cm³/mol. The fourth-order valence-electron chi connectivity index (χ4n) is 2.98. The Balaban J connectivity index is 1.74. The van der Waals surface area contributed by atoms with Gasteiger partial charge in [-0.05, 0) is 30.5 Å². The largest absolute Gasteiger partial charge is 0.481 e. The van der Waals surface area contributed by atoms with Gasteiger partial charge < -0.3 is 10.1 Å². The highest BCUT2D eigenvalue weighted by atomic mass is 16.5. The van der Waals surface area contributed by atoms with E-state index in [1.54, 1.807) is 7.11 Å². The number of methoxy groups -OCH3 is 1. The monoisotopic (exact) mass is 268 g/mol. The number of ether oxygens (including phenoxy) is 1. The first-order valence-electron chi connectivity index (χ1n) is 7.14. The Morgan fingerprint density at radius 1 is 1.20 bits per heavy atom. The molecular formula is C17H20N2O. The molecule has 1 aliphatic rings. The quantitative estimate of drug-likeness (QED) is 0.926. The van der Waals surface area contributed by atoms with Crippen molar-refractivity contribution in [1.82, 2.24) is 10.3 Å². The fourth-order valence-corrected chi connectivity index (χ4v) is 2.98. The molecule has 1 saturated heterocycles. The van der Waals surface area contributed by atoms with Crippen molar-refractivity contribution >= 4 is 0 Å². The normalized spacial score (nSPS) is 21.9. The molecule has 2 aromatic rings. The highest BCUT2D eigenvalue weighted by molar-refractivity contribution is 5.26. The Morgan fingerprint density at radius 3 is 2.75 bits per heavy atom. The highest BCUT2D eigenvalue weighted by Crippen LogP contribution is 2.29. The third-order valence-electron chi connectivity index (χ3n) is 4.04. The summed E-state index contributed by atoms with van der Waals surface area (Å²) in [6, 6.07) is 15.3. The van der Waals surface area contributed by atoms with Crippen LogP contribution in [0.25, 0.3) is 0 Å². The summed E-state index contributed by atoms with van der Waals surface area (Å²) in [5.74, 6) is 1.22. The van der Waals surface area contributed by atoms with E-state index >= 15 is 0 Å². The van der Waals surface area contributed by atoms with Gasteiger partial charge in [-0.3, -0.25) is 0 Å². The SMILES string of the molecule is COc1ccc(C2CCNC2Cc2ccccc2)cn1. The van der Waals surface area contributed by atoms with Crippen molar-refractivity contribution in [3.8, 4) is 5.88 Å². The standard InChI is InChI=1S/C17H20N2O/c1-20-17-8-7-14(12-19-17)15-9-10-18-16(15)11-13-5-3-2-4-6-13/h2-8,12,15-16,18H,9-11H2,1H3. The van der Waals surface area contributed by atoms with Crippen LogP contribution in [-0.2, 0) is 6.42 Å². The van der Waals surface area contributed by atoms with Crippen LogP contribution in [-0.4, -0.2) is 24.7 Å². The second-order valence-corrected chi connectivity index (χ2v) is 5.28. The van der Waals surface area contributed by atoms with Gasteiger partial charge in [0.25, 0.3) is 0 Å². The van der Waals surface area contributed by atoms with Crippen molar-refractivity contribution < 1.29 is 4.74 Å². The first-order valence-corrected chi connectivity index (χ1v) is 7.14. The average molecular weight is 268 g/mol. The number of nitrogens with zero attached hydrogens (tertiary/aromatic N) is 1. The molecule has 2 heterocycles. The van der Waals surface area contributed by atoms with E-state index in [0.717, 1.165) is 13.0 Å². The molecule has 0 amide bonds. The van der Waals surface area contributed by atoms with Crippen LogP contribution in [0, 0.1) is 0 Å². The molecule has 104 valence electrons. The predicted octanol–water partition coefficient (Wildman–Crippen LogP) is 2.78.